The zero-order valence-electron chi connectivity index (χ0n) is 15.1. The van der Waals surface area contributed by atoms with Crippen LogP contribution in [0.1, 0.15) is 0 Å². The van der Waals surface area contributed by atoms with E-state index >= 15 is 0 Å². The average molecular weight is 452 g/mol. The molecule has 0 saturated carbocycles. The van der Waals surface area contributed by atoms with Gasteiger partial charge in [-0.05, 0) is 22.9 Å². The standard InChI is InChI=1S/C21H16O6S2.Na.H/c22-28(23,20-13-5-9-16-7-1-3-11-18(16)20)26-15-27-29(24,25)21-14-6-10-17-8-2-4-12-19(17)21;;/h1-14H,15H2;;. The van der Waals surface area contributed by atoms with Gasteiger partial charge in [-0.2, -0.15) is 16.8 Å². The topological polar surface area (TPSA) is 86.7 Å². The molecule has 4 aromatic rings. The van der Waals surface area contributed by atoms with E-state index in [0.717, 1.165) is 10.8 Å². The molecule has 0 fully saturated rings. The van der Waals surface area contributed by atoms with Gasteiger partial charge < -0.3 is 0 Å². The van der Waals surface area contributed by atoms with Crippen molar-refractivity contribution in [3.05, 3.63) is 84.9 Å². The third kappa shape index (κ3) is 4.60. The Hall–Kier alpha value is -1.78. The monoisotopic (exact) mass is 452 g/mol. The fraction of sp³-hybridized carbons (Fsp3) is 0.0476. The molecular weight excluding hydrogens is 435 g/mol. The van der Waals surface area contributed by atoms with Crippen LogP contribution in [0.4, 0.5) is 0 Å². The van der Waals surface area contributed by atoms with Crippen LogP contribution in [0.25, 0.3) is 21.5 Å². The zero-order valence-corrected chi connectivity index (χ0v) is 16.7. The molecule has 0 aliphatic heterocycles. The van der Waals surface area contributed by atoms with Gasteiger partial charge in [0.15, 0.2) is 6.79 Å². The minimum absolute atomic E-state index is 0. The van der Waals surface area contributed by atoms with E-state index in [9.17, 15) is 16.8 Å². The molecule has 0 N–H and O–H groups in total. The Morgan fingerprint density at radius 1 is 0.533 bits per heavy atom. The second-order valence-corrected chi connectivity index (χ2v) is 9.38. The van der Waals surface area contributed by atoms with Gasteiger partial charge >= 0.3 is 29.6 Å². The molecule has 0 unspecified atom stereocenters. The summed E-state index contributed by atoms with van der Waals surface area (Å²) in [5.74, 6) is 0. The summed E-state index contributed by atoms with van der Waals surface area (Å²) < 4.78 is 60.1. The molecular formula is C21H17NaO6S2. The Morgan fingerprint density at radius 2 is 0.900 bits per heavy atom. The van der Waals surface area contributed by atoms with E-state index < -0.39 is 27.0 Å². The van der Waals surface area contributed by atoms with Crippen molar-refractivity contribution in [2.45, 2.75) is 9.79 Å². The van der Waals surface area contributed by atoms with Crippen molar-refractivity contribution in [1.29, 1.82) is 0 Å². The van der Waals surface area contributed by atoms with Gasteiger partial charge in [0, 0.05) is 10.8 Å². The van der Waals surface area contributed by atoms with E-state index in [1.165, 1.54) is 12.1 Å². The number of hydrogen-bond donors (Lipinski definition) is 0. The normalized spacial score (nSPS) is 12.0. The molecule has 0 bridgehead atoms. The molecule has 150 valence electrons. The SMILES string of the molecule is O=S(=O)(OCOS(=O)(=O)c1cccc2ccccc12)c1cccc2ccccc12.[NaH]. The van der Waals surface area contributed by atoms with E-state index in [2.05, 4.69) is 0 Å². The van der Waals surface area contributed by atoms with Crippen molar-refractivity contribution in [3.63, 3.8) is 0 Å². The third-order valence-corrected chi connectivity index (χ3v) is 7.05. The van der Waals surface area contributed by atoms with Crippen LogP contribution in [0.15, 0.2) is 94.7 Å². The molecule has 0 atom stereocenters. The molecule has 0 aliphatic rings. The van der Waals surface area contributed by atoms with Crippen molar-refractivity contribution >= 4 is 71.3 Å². The summed E-state index contributed by atoms with van der Waals surface area (Å²) in [5, 5.41) is 2.40. The van der Waals surface area contributed by atoms with Gasteiger partial charge in [-0.25, -0.2) is 8.37 Å². The van der Waals surface area contributed by atoms with Crippen molar-refractivity contribution in [2.75, 3.05) is 6.79 Å². The quantitative estimate of drug-likeness (QED) is 0.253. The van der Waals surface area contributed by atoms with Gasteiger partial charge in [0.1, 0.15) is 9.79 Å². The second-order valence-electron chi connectivity index (χ2n) is 6.22. The fourth-order valence-corrected chi connectivity index (χ4v) is 5.17. The van der Waals surface area contributed by atoms with Crippen LogP contribution in [-0.4, -0.2) is 53.2 Å². The fourth-order valence-electron chi connectivity index (χ4n) is 3.10. The Kier molecular flexibility index (Phi) is 6.98. The summed E-state index contributed by atoms with van der Waals surface area (Å²) in [4.78, 5) is -0.108. The average Bonchev–Trinajstić information content (AvgIpc) is 2.72. The molecule has 6 nitrogen and oxygen atoms in total. The van der Waals surface area contributed by atoms with Gasteiger partial charge in [0.25, 0.3) is 20.2 Å². The van der Waals surface area contributed by atoms with Crippen LogP contribution in [0.5, 0.6) is 0 Å². The third-order valence-electron chi connectivity index (χ3n) is 4.44. The van der Waals surface area contributed by atoms with Crippen molar-refractivity contribution in [3.8, 4) is 0 Å². The first kappa shape index (κ1) is 22.9. The van der Waals surface area contributed by atoms with E-state index in [1.807, 2.05) is 0 Å². The molecule has 0 spiro atoms. The number of rotatable bonds is 6. The van der Waals surface area contributed by atoms with Crippen LogP contribution < -0.4 is 0 Å². The predicted octanol–water partition coefficient (Wildman–Crippen LogP) is 3.41. The van der Waals surface area contributed by atoms with E-state index in [-0.39, 0.29) is 39.3 Å². The Morgan fingerprint density at radius 3 is 1.33 bits per heavy atom. The summed E-state index contributed by atoms with van der Waals surface area (Å²) in [6.07, 6.45) is 0. The van der Waals surface area contributed by atoms with E-state index in [1.54, 1.807) is 72.8 Å². The van der Waals surface area contributed by atoms with Crippen LogP contribution >= 0.6 is 0 Å². The van der Waals surface area contributed by atoms with Gasteiger partial charge in [0.05, 0.1) is 0 Å². The minimum atomic E-state index is -4.22. The number of benzene rings is 4. The molecule has 0 aliphatic carbocycles. The Labute approximate surface area is 197 Å². The van der Waals surface area contributed by atoms with Crippen molar-refractivity contribution in [1.82, 2.24) is 0 Å². The molecule has 0 amide bonds. The van der Waals surface area contributed by atoms with Gasteiger partial charge in [0.2, 0.25) is 0 Å². The molecule has 9 heteroatoms. The summed E-state index contributed by atoms with van der Waals surface area (Å²) in [7, 11) is -8.45. The molecule has 30 heavy (non-hydrogen) atoms. The molecule has 0 aromatic heterocycles. The Balaban J connectivity index is 0.00000256. The molecule has 0 saturated heterocycles. The Bertz CT molecular complexity index is 1300. The summed E-state index contributed by atoms with van der Waals surface area (Å²) in [6, 6.07) is 23.4. The first-order valence-corrected chi connectivity index (χ1v) is 11.4. The maximum atomic E-state index is 12.6. The zero-order chi connectivity index (χ0) is 20.5. The van der Waals surface area contributed by atoms with Gasteiger partial charge in [-0.1, -0.05) is 72.8 Å². The van der Waals surface area contributed by atoms with Crippen LogP contribution in [0.2, 0.25) is 0 Å². The van der Waals surface area contributed by atoms with E-state index in [4.69, 9.17) is 8.37 Å². The maximum absolute atomic E-state index is 12.6. The van der Waals surface area contributed by atoms with E-state index in [0.29, 0.717) is 10.8 Å². The first-order valence-electron chi connectivity index (χ1n) is 8.63. The second kappa shape index (κ2) is 9.15. The summed E-state index contributed by atoms with van der Waals surface area (Å²) >= 11 is 0. The van der Waals surface area contributed by atoms with Crippen molar-refractivity contribution < 1.29 is 25.2 Å². The van der Waals surface area contributed by atoms with Crippen LogP contribution in [-0.2, 0) is 28.6 Å². The first-order chi connectivity index (χ1) is 13.9. The molecule has 4 rings (SSSR count). The van der Waals surface area contributed by atoms with Gasteiger partial charge in [-0.15, -0.1) is 0 Å². The molecule has 0 radical (unpaired) electrons. The summed E-state index contributed by atoms with van der Waals surface area (Å²) in [6.45, 7) is -0.961. The number of hydrogen-bond acceptors (Lipinski definition) is 6. The molecule has 0 heterocycles. The summed E-state index contributed by atoms with van der Waals surface area (Å²) in [5.41, 5.74) is 0. The van der Waals surface area contributed by atoms with Crippen molar-refractivity contribution in [2.24, 2.45) is 0 Å². The number of fused-ring (bicyclic) bond motifs is 2. The molecule has 4 aromatic carbocycles. The van der Waals surface area contributed by atoms with Crippen LogP contribution in [0.3, 0.4) is 0 Å². The van der Waals surface area contributed by atoms with Gasteiger partial charge in [-0.3, -0.25) is 0 Å². The van der Waals surface area contributed by atoms with Crippen LogP contribution in [0, 0.1) is 0 Å². The predicted molar refractivity (Wildman–Crippen MR) is 116 cm³/mol.